The van der Waals surface area contributed by atoms with E-state index in [2.05, 4.69) is 54.0 Å². The molecule has 17 heavy (non-hydrogen) atoms. The molecular formula is C15H23BrO. The van der Waals surface area contributed by atoms with Gasteiger partial charge in [-0.3, -0.25) is 0 Å². The van der Waals surface area contributed by atoms with Crippen molar-refractivity contribution in [3.05, 3.63) is 35.9 Å². The van der Waals surface area contributed by atoms with Crippen LogP contribution >= 0.6 is 15.9 Å². The summed E-state index contributed by atoms with van der Waals surface area (Å²) in [7, 11) is 0. The van der Waals surface area contributed by atoms with Gasteiger partial charge in [-0.2, -0.15) is 0 Å². The molecule has 0 aliphatic rings. The molecule has 0 heterocycles. The molecule has 0 aliphatic carbocycles. The van der Waals surface area contributed by atoms with Gasteiger partial charge in [-0.25, -0.2) is 0 Å². The maximum Gasteiger partial charge on any atom is 0.0716 e. The minimum atomic E-state index is 0.380. The van der Waals surface area contributed by atoms with Crippen molar-refractivity contribution in [1.82, 2.24) is 0 Å². The SMILES string of the molecule is CCCC(C)(CBr)CCOCc1ccccc1. The lowest BCUT2D eigenvalue weighted by Gasteiger charge is -2.26. The van der Waals surface area contributed by atoms with Gasteiger partial charge in [-0.15, -0.1) is 0 Å². The Hall–Kier alpha value is -0.340. The van der Waals surface area contributed by atoms with Crippen LogP contribution in [0.15, 0.2) is 30.3 Å². The normalized spacial score (nSPS) is 14.5. The van der Waals surface area contributed by atoms with Crippen molar-refractivity contribution in [2.45, 2.75) is 39.7 Å². The first kappa shape index (κ1) is 14.7. The fourth-order valence-corrected chi connectivity index (χ4v) is 2.51. The minimum Gasteiger partial charge on any atom is -0.377 e. The average Bonchev–Trinajstić information content (AvgIpc) is 2.36. The number of benzene rings is 1. The van der Waals surface area contributed by atoms with Crippen molar-refractivity contribution in [1.29, 1.82) is 0 Å². The Morgan fingerprint density at radius 3 is 2.47 bits per heavy atom. The van der Waals surface area contributed by atoms with Crippen molar-refractivity contribution in [3.63, 3.8) is 0 Å². The highest BCUT2D eigenvalue weighted by Gasteiger charge is 2.21. The van der Waals surface area contributed by atoms with Gasteiger partial charge in [0.15, 0.2) is 0 Å². The van der Waals surface area contributed by atoms with Crippen LogP contribution in [0, 0.1) is 5.41 Å². The summed E-state index contributed by atoms with van der Waals surface area (Å²) < 4.78 is 5.74. The van der Waals surface area contributed by atoms with Crippen molar-refractivity contribution in [3.8, 4) is 0 Å². The first-order valence-corrected chi connectivity index (χ1v) is 7.50. The van der Waals surface area contributed by atoms with Gasteiger partial charge >= 0.3 is 0 Å². The minimum absolute atomic E-state index is 0.380. The van der Waals surface area contributed by atoms with E-state index in [1.807, 2.05) is 6.07 Å². The average molecular weight is 299 g/mol. The molecule has 0 N–H and O–H groups in total. The number of alkyl halides is 1. The Balaban J connectivity index is 2.23. The molecule has 0 aromatic heterocycles. The van der Waals surface area contributed by atoms with Gasteiger partial charge in [0.2, 0.25) is 0 Å². The van der Waals surface area contributed by atoms with Crippen LogP contribution in [0.25, 0.3) is 0 Å². The molecule has 0 amide bonds. The molecule has 1 atom stereocenters. The molecule has 0 radical (unpaired) electrons. The lowest BCUT2D eigenvalue weighted by Crippen LogP contribution is -2.20. The van der Waals surface area contributed by atoms with Crippen molar-refractivity contribution < 1.29 is 4.74 Å². The van der Waals surface area contributed by atoms with E-state index in [4.69, 9.17) is 4.74 Å². The molecule has 1 rings (SSSR count). The zero-order valence-corrected chi connectivity index (χ0v) is 12.5. The standard InChI is InChI=1S/C15H23BrO/c1-3-9-15(2,13-16)10-11-17-12-14-7-5-4-6-8-14/h4-8H,3,9-13H2,1-2H3. The summed E-state index contributed by atoms with van der Waals surface area (Å²) in [5, 5.41) is 1.06. The third-order valence-electron chi connectivity index (χ3n) is 3.14. The Morgan fingerprint density at radius 1 is 1.18 bits per heavy atom. The lowest BCUT2D eigenvalue weighted by molar-refractivity contribution is 0.0910. The molecule has 2 heteroatoms. The molecule has 1 aromatic carbocycles. The van der Waals surface area contributed by atoms with E-state index in [1.54, 1.807) is 0 Å². The van der Waals surface area contributed by atoms with Crippen LogP contribution in [-0.2, 0) is 11.3 Å². The van der Waals surface area contributed by atoms with E-state index >= 15 is 0 Å². The van der Waals surface area contributed by atoms with Crippen LogP contribution in [0.4, 0.5) is 0 Å². The largest absolute Gasteiger partial charge is 0.377 e. The van der Waals surface area contributed by atoms with Crippen molar-refractivity contribution >= 4 is 15.9 Å². The molecule has 0 fully saturated rings. The molecule has 96 valence electrons. The van der Waals surface area contributed by atoms with Crippen LogP contribution in [0.2, 0.25) is 0 Å². The third-order valence-corrected chi connectivity index (χ3v) is 4.49. The zero-order valence-electron chi connectivity index (χ0n) is 10.9. The van der Waals surface area contributed by atoms with Gasteiger partial charge in [-0.1, -0.05) is 66.5 Å². The Labute approximate surface area is 114 Å². The number of hydrogen-bond donors (Lipinski definition) is 0. The van der Waals surface area contributed by atoms with E-state index in [1.165, 1.54) is 18.4 Å². The predicted octanol–water partition coefficient (Wildman–Crippen LogP) is 4.79. The molecule has 0 spiro atoms. The quantitative estimate of drug-likeness (QED) is 0.495. The molecule has 1 unspecified atom stereocenters. The zero-order chi connectivity index (χ0) is 12.6. The topological polar surface area (TPSA) is 9.23 Å². The molecular weight excluding hydrogens is 276 g/mol. The van der Waals surface area contributed by atoms with Crippen molar-refractivity contribution in [2.75, 3.05) is 11.9 Å². The maximum absolute atomic E-state index is 5.74. The lowest BCUT2D eigenvalue weighted by atomic mass is 9.85. The van der Waals surface area contributed by atoms with Crippen molar-refractivity contribution in [2.24, 2.45) is 5.41 Å². The second-order valence-electron chi connectivity index (χ2n) is 4.98. The Kier molecular flexibility index (Phi) is 6.83. The summed E-state index contributed by atoms with van der Waals surface area (Å²) in [5.41, 5.74) is 1.63. The van der Waals surface area contributed by atoms with Gasteiger partial charge in [0, 0.05) is 11.9 Å². The number of hydrogen-bond acceptors (Lipinski definition) is 1. The van der Waals surface area contributed by atoms with Crippen LogP contribution < -0.4 is 0 Å². The number of ether oxygens (including phenoxy) is 1. The summed E-state index contributed by atoms with van der Waals surface area (Å²) in [5.74, 6) is 0. The summed E-state index contributed by atoms with van der Waals surface area (Å²) in [6.45, 7) is 6.14. The van der Waals surface area contributed by atoms with Crippen LogP contribution in [-0.4, -0.2) is 11.9 Å². The molecule has 0 aliphatic heterocycles. The van der Waals surface area contributed by atoms with Gasteiger partial charge < -0.3 is 4.74 Å². The fraction of sp³-hybridized carbons (Fsp3) is 0.600. The molecule has 1 nitrogen and oxygen atoms in total. The number of rotatable bonds is 8. The van der Waals surface area contributed by atoms with Gasteiger partial charge in [-0.05, 0) is 23.8 Å². The smallest absolute Gasteiger partial charge is 0.0716 e. The second-order valence-corrected chi connectivity index (χ2v) is 5.54. The Bertz CT molecular complexity index is 299. The van der Waals surface area contributed by atoms with E-state index in [-0.39, 0.29) is 0 Å². The van der Waals surface area contributed by atoms with E-state index < -0.39 is 0 Å². The molecule has 0 saturated heterocycles. The maximum atomic E-state index is 5.74. The molecule has 1 aromatic rings. The summed E-state index contributed by atoms with van der Waals surface area (Å²) in [6, 6.07) is 10.4. The molecule has 0 bridgehead atoms. The fourth-order valence-electron chi connectivity index (χ4n) is 1.95. The third kappa shape index (κ3) is 5.69. The first-order chi connectivity index (χ1) is 8.20. The van der Waals surface area contributed by atoms with Gasteiger partial charge in [0.1, 0.15) is 0 Å². The van der Waals surface area contributed by atoms with E-state index in [0.29, 0.717) is 5.41 Å². The van der Waals surface area contributed by atoms with Crippen LogP contribution in [0.1, 0.15) is 38.7 Å². The second kappa shape index (κ2) is 7.88. The van der Waals surface area contributed by atoms with Crippen LogP contribution in [0.5, 0.6) is 0 Å². The highest BCUT2D eigenvalue weighted by molar-refractivity contribution is 9.09. The van der Waals surface area contributed by atoms with Gasteiger partial charge in [0.25, 0.3) is 0 Å². The predicted molar refractivity (Wildman–Crippen MR) is 77.5 cm³/mol. The monoisotopic (exact) mass is 298 g/mol. The number of halogens is 1. The highest BCUT2D eigenvalue weighted by atomic mass is 79.9. The van der Waals surface area contributed by atoms with Crippen LogP contribution in [0.3, 0.4) is 0 Å². The van der Waals surface area contributed by atoms with E-state index in [0.717, 1.165) is 25.0 Å². The Morgan fingerprint density at radius 2 is 1.88 bits per heavy atom. The van der Waals surface area contributed by atoms with Gasteiger partial charge in [0.05, 0.1) is 6.61 Å². The van der Waals surface area contributed by atoms with E-state index in [9.17, 15) is 0 Å². The summed E-state index contributed by atoms with van der Waals surface area (Å²) in [6.07, 6.45) is 3.62. The highest BCUT2D eigenvalue weighted by Crippen LogP contribution is 2.29. The first-order valence-electron chi connectivity index (χ1n) is 6.38. The summed E-state index contributed by atoms with van der Waals surface area (Å²) >= 11 is 3.61. The molecule has 0 saturated carbocycles. The summed E-state index contributed by atoms with van der Waals surface area (Å²) in [4.78, 5) is 0.